The van der Waals surface area contributed by atoms with Crippen LogP contribution < -0.4 is 10.5 Å². The van der Waals surface area contributed by atoms with Crippen molar-refractivity contribution in [2.45, 2.75) is 20.0 Å². The lowest BCUT2D eigenvalue weighted by molar-refractivity contribution is 0.222. The second kappa shape index (κ2) is 9.01. The van der Waals surface area contributed by atoms with E-state index in [1.54, 1.807) is 13.4 Å². The minimum atomic E-state index is 0.0156. The molecule has 2 N–H and O–H groups in total. The maximum absolute atomic E-state index is 6.34. The van der Waals surface area contributed by atoms with Crippen LogP contribution in [0.5, 0.6) is 5.75 Å². The van der Waals surface area contributed by atoms with Crippen LogP contribution >= 0.6 is 11.8 Å². The topological polar surface area (TPSA) is 51.6 Å². The molecule has 1 aliphatic heterocycles. The van der Waals surface area contributed by atoms with Crippen LogP contribution in [0.3, 0.4) is 0 Å². The third kappa shape index (κ3) is 5.30. The van der Waals surface area contributed by atoms with Crippen LogP contribution in [0.4, 0.5) is 0 Å². The van der Waals surface area contributed by atoms with E-state index in [1.807, 2.05) is 43.0 Å². The molecule has 0 bridgehead atoms. The van der Waals surface area contributed by atoms with Gasteiger partial charge in [0, 0.05) is 24.6 Å². The van der Waals surface area contributed by atoms with E-state index in [0.29, 0.717) is 0 Å². The van der Waals surface area contributed by atoms with Crippen LogP contribution in [0.1, 0.15) is 23.1 Å². The smallest absolute Gasteiger partial charge is 0.119 e. The van der Waals surface area contributed by atoms with Crippen LogP contribution in [0.2, 0.25) is 0 Å². The van der Waals surface area contributed by atoms with Crippen molar-refractivity contribution >= 4 is 11.8 Å². The summed E-state index contributed by atoms with van der Waals surface area (Å²) in [6, 6.07) is 9.91. The Hall–Kier alpha value is -1.43. The molecule has 0 saturated carbocycles. The summed E-state index contributed by atoms with van der Waals surface area (Å²) >= 11 is 2.00. The summed E-state index contributed by atoms with van der Waals surface area (Å²) in [7, 11) is 1.69. The number of nitrogens with zero attached hydrogens (tertiary/aromatic N) is 1. The van der Waals surface area contributed by atoms with Gasteiger partial charge in [-0.2, -0.15) is 11.8 Å². The number of nitrogens with two attached hydrogens (primary N) is 1. The molecule has 1 saturated heterocycles. The van der Waals surface area contributed by atoms with E-state index in [9.17, 15) is 0 Å². The molecular formula is C18H26N2O2S. The van der Waals surface area contributed by atoms with Gasteiger partial charge in [-0.3, -0.25) is 4.90 Å². The van der Waals surface area contributed by atoms with Crippen LogP contribution in [0.25, 0.3) is 0 Å². The van der Waals surface area contributed by atoms with E-state index < -0.39 is 0 Å². The van der Waals surface area contributed by atoms with Crippen molar-refractivity contribution < 1.29 is 9.15 Å². The van der Waals surface area contributed by atoms with E-state index in [4.69, 9.17) is 14.9 Å². The highest BCUT2D eigenvalue weighted by molar-refractivity contribution is 7.99. The summed E-state index contributed by atoms with van der Waals surface area (Å²) in [4.78, 5) is 2.35. The molecule has 0 aliphatic carbocycles. The molecule has 0 amide bonds. The predicted molar refractivity (Wildman–Crippen MR) is 97.0 cm³/mol. The number of hydrogen-bond acceptors (Lipinski definition) is 5. The zero-order chi connectivity index (χ0) is 16.7. The minimum absolute atomic E-state index is 0.0156. The third-order valence-corrected chi connectivity index (χ3v) is 4.84. The Morgan fingerprint density at radius 1 is 1.22 bits per heavy atom. The highest BCUT2D eigenvalue weighted by atomic mass is 32.2. The average Bonchev–Trinajstić information content (AvgIpc) is 3.06. The number of benzene rings is 1. The summed E-state index contributed by atoms with van der Waals surface area (Å²) in [6.45, 7) is 6.17. The fraction of sp³-hybridized carbons (Fsp3) is 0.444. The van der Waals surface area contributed by atoms with Gasteiger partial charge in [-0.1, -0.05) is 6.07 Å². The van der Waals surface area contributed by atoms with Crippen molar-refractivity contribution in [1.82, 2.24) is 4.90 Å². The number of hydrogen-bond donors (Lipinski definition) is 1. The van der Waals surface area contributed by atoms with Crippen molar-refractivity contribution in [3.8, 4) is 5.75 Å². The molecule has 2 heterocycles. The molecule has 0 radical (unpaired) electrons. The van der Waals surface area contributed by atoms with Crippen LogP contribution in [0.15, 0.2) is 41.0 Å². The first kappa shape index (κ1) is 17.9. The molecule has 4 nitrogen and oxygen atoms in total. The Kier molecular flexibility index (Phi) is 7.02. The van der Waals surface area contributed by atoms with E-state index >= 15 is 0 Å². The summed E-state index contributed by atoms with van der Waals surface area (Å²) in [5.74, 6) is 4.23. The Balaban J connectivity index is 0.000000268. The van der Waals surface area contributed by atoms with Gasteiger partial charge in [0.1, 0.15) is 11.5 Å². The predicted octanol–water partition coefficient (Wildman–Crippen LogP) is 3.60. The molecule has 1 unspecified atom stereocenters. The zero-order valence-electron chi connectivity index (χ0n) is 14.1. The summed E-state index contributed by atoms with van der Waals surface area (Å²) in [5.41, 5.74) is 8.75. The first-order chi connectivity index (χ1) is 11.1. The summed E-state index contributed by atoms with van der Waals surface area (Å²) < 4.78 is 10.1. The number of furan rings is 1. The van der Waals surface area contributed by atoms with Gasteiger partial charge in [0.15, 0.2) is 0 Å². The zero-order valence-corrected chi connectivity index (χ0v) is 14.9. The van der Waals surface area contributed by atoms with Crippen LogP contribution in [-0.2, 0) is 0 Å². The van der Waals surface area contributed by atoms with Gasteiger partial charge in [-0.25, -0.2) is 0 Å². The second-order valence-electron chi connectivity index (χ2n) is 5.54. The van der Waals surface area contributed by atoms with Crippen LogP contribution in [-0.4, -0.2) is 36.6 Å². The van der Waals surface area contributed by atoms with Gasteiger partial charge in [-0.15, -0.1) is 0 Å². The number of ether oxygens (including phenoxy) is 1. The highest BCUT2D eigenvalue weighted by Crippen LogP contribution is 2.25. The van der Waals surface area contributed by atoms with Gasteiger partial charge >= 0.3 is 0 Å². The maximum atomic E-state index is 6.34. The van der Waals surface area contributed by atoms with E-state index in [1.165, 1.54) is 22.6 Å². The monoisotopic (exact) mass is 334 g/mol. The Labute approximate surface area is 143 Å². The molecule has 126 valence electrons. The minimum Gasteiger partial charge on any atom is -0.497 e. The first-order valence-corrected chi connectivity index (χ1v) is 8.99. The van der Waals surface area contributed by atoms with Crippen molar-refractivity contribution in [3.05, 3.63) is 53.5 Å². The van der Waals surface area contributed by atoms with Gasteiger partial charge in [0.05, 0.1) is 19.5 Å². The van der Waals surface area contributed by atoms with E-state index in [2.05, 4.69) is 17.9 Å². The van der Waals surface area contributed by atoms with Gasteiger partial charge in [0.2, 0.25) is 0 Å². The molecule has 1 aromatic heterocycles. The van der Waals surface area contributed by atoms with Gasteiger partial charge < -0.3 is 14.9 Å². The lowest BCUT2D eigenvalue weighted by Crippen LogP contribution is -2.40. The van der Waals surface area contributed by atoms with Crippen molar-refractivity contribution in [3.63, 3.8) is 0 Å². The molecular weight excluding hydrogens is 308 g/mol. The normalized spacial score (nSPS) is 16.3. The lowest BCUT2D eigenvalue weighted by Gasteiger charge is -2.32. The standard InChI is InChI=1S/C13H20N2OS.C5H6O/c1-10-9-11(16-2)3-4-12(10)13(14)15-5-7-17-8-6-15;1-5-3-2-4-6-5/h3-4,9,13H,5-8,14H2,1-2H3;2-4H,1H3. The molecule has 1 atom stereocenters. The van der Waals surface area contributed by atoms with Crippen molar-refractivity contribution in [2.24, 2.45) is 5.73 Å². The Morgan fingerprint density at radius 2 is 1.96 bits per heavy atom. The molecule has 23 heavy (non-hydrogen) atoms. The fourth-order valence-corrected chi connectivity index (χ4v) is 3.45. The van der Waals surface area contributed by atoms with Gasteiger partial charge in [-0.05, 0) is 49.2 Å². The lowest BCUT2D eigenvalue weighted by atomic mass is 10.1. The Bertz CT molecular complexity index is 581. The molecule has 5 heteroatoms. The number of aryl methyl sites for hydroxylation is 2. The van der Waals surface area contributed by atoms with Gasteiger partial charge in [0.25, 0.3) is 0 Å². The van der Waals surface area contributed by atoms with Crippen molar-refractivity contribution in [1.29, 1.82) is 0 Å². The Morgan fingerprint density at radius 3 is 2.43 bits per heavy atom. The second-order valence-corrected chi connectivity index (χ2v) is 6.76. The third-order valence-electron chi connectivity index (χ3n) is 3.90. The average molecular weight is 334 g/mol. The van der Waals surface area contributed by atoms with Crippen molar-refractivity contribution in [2.75, 3.05) is 31.7 Å². The molecule has 2 aromatic rings. The number of thioether (sulfide) groups is 1. The number of methoxy groups -OCH3 is 1. The first-order valence-electron chi connectivity index (χ1n) is 7.84. The fourth-order valence-electron chi connectivity index (χ4n) is 2.52. The summed E-state index contributed by atoms with van der Waals surface area (Å²) in [5, 5.41) is 0. The van der Waals surface area contributed by atoms with E-state index in [0.717, 1.165) is 24.6 Å². The molecule has 1 aliphatic rings. The molecule has 1 fully saturated rings. The largest absolute Gasteiger partial charge is 0.497 e. The molecule has 0 spiro atoms. The maximum Gasteiger partial charge on any atom is 0.119 e. The summed E-state index contributed by atoms with van der Waals surface area (Å²) in [6.07, 6.45) is 1.68. The quantitative estimate of drug-likeness (QED) is 0.929. The molecule has 1 aromatic carbocycles. The van der Waals surface area contributed by atoms with E-state index in [-0.39, 0.29) is 6.17 Å². The SMILES string of the molecule is COc1ccc(C(N)N2CCSCC2)c(C)c1.Cc1ccco1. The number of rotatable bonds is 3. The van der Waals surface area contributed by atoms with Crippen LogP contribution in [0, 0.1) is 13.8 Å². The highest BCUT2D eigenvalue weighted by Gasteiger charge is 2.20. The molecule has 3 rings (SSSR count).